The molecule has 15 heavy (non-hydrogen) atoms. The van der Waals surface area contributed by atoms with Gasteiger partial charge in [-0.05, 0) is 31.6 Å². The van der Waals surface area contributed by atoms with E-state index in [9.17, 15) is 0 Å². The molecule has 1 saturated carbocycles. The van der Waals surface area contributed by atoms with Crippen molar-refractivity contribution in [1.82, 2.24) is 0 Å². The first-order chi connectivity index (χ1) is 7.36. The van der Waals surface area contributed by atoms with Crippen LogP contribution in [0.15, 0.2) is 0 Å². The third-order valence-electron chi connectivity index (χ3n) is 3.80. The molecular weight excluding hydrogens is 180 g/mol. The summed E-state index contributed by atoms with van der Waals surface area (Å²) >= 11 is 0. The third kappa shape index (κ3) is 5.26. The number of unbranched alkanes of at least 4 members (excludes halogenated alkanes) is 4. The van der Waals surface area contributed by atoms with Gasteiger partial charge in [0.2, 0.25) is 0 Å². The van der Waals surface area contributed by atoms with Gasteiger partial charge in [0.05, 0.1) is 0 Å². The molecule has 0 heteroatoms. The maximum atomic E-state index is 5.45. The zero-order valence-corrected chi connectivity index (χ0v) is 10.3. The highest BCUT2D eigenvalue weighted by Crippen LogP contribution is 2.31. The lowest BCUT2D eigenvalue weighted by Crippen LogP contribution is -2.13. The lowest BCUT2D eigenvalue weighted by atomic mass is 9.80. The number of hydrogen-bond donors (Lipinski definition) is 0. The normalized spacial score (nSPS) is 26.1. The summed E-state index contributed by atoms with van der Waals surface area (Å²) < 4.78 is 0. The van der Waals surface area contributed by atoms with Crippen molar-refractivity contribution in [2.45, 2.75) is 71.1 Å². The molecule has 0 amide bonds. The largest absolute Gasteiger partial charge is 0.120 e. The van der Waals surface area contributed by atoms with Gasteiger partial charge < -0.3 is 0 Å². The number of hydrogen-bond acceptors (Lipinski definition) is 0. The van der Waals surface area contributed by atoms with E-state index in [0.29, 0.717) is 5.92 Å². The molecule has 0 radical (unpaired) electrons. The van der Waals surface area contributed by atoms with Crippen LogP contribution in [-0.2, 0) is 0 Å². The van der Waals surface area contributed by atoms with E-state index >= 15 is 0 Å². The van der Waals surface area contributed by atoms with Crippen LogP contribution in [0.5, 0.6) is 0 Å². The van der Waals surface area contributed by atoms with Gasteiger partial charge in [-0.2, -0.15) is 0 Å². The molecule has 1 aliphatic carbocycles. The molecule has 0 bridgehead atoms. The molecule has 0 heterocycles. The van der Waals surface area contributed by atoms with Crippen molar-refractivity contribution in [3.63, 3.8) is 0 Å². The van der Waals surface area contributed by atoms with Gasteiger partial charge in [0.25, 0.3) is 0 Å². The van der Waals surface area contributed by atoms with E-state index in [1.807, 2.05) is 0 Å². The molecule has 0 aromatic heterocycles. The van der Waals surface area contributed by atoms with Crippen LogP contribution in [0, 0.1) is 24.2 Å². The van der Waals surface area contributed by atoms with Crippen molar-refractivity contribution in [3.05, 3.63) is 0 Å². The van der Waals surface area contributed by atoms with Crippen molar-refractivity contribution in [2.24, 2.45) is 11.8 Å². The highest BCUT2D eigenvalue weighted by Gasteiger charge is 2.18. The van der Waals surface area contributed by atoms with Crippen LogP contribution in [0.25, 0.3) is 0 Å². The highest BCUT2D eigenvalue weighted by molar-refractivity contribution is 4.95. The van der Waals surface area contributed by atoms with Gasteiger partial charge >= 0.3 is 0 Å². The predicted octanol–water partition coefficient (Wildman–Crippen LogP) is 4.79. The molecule has 0 aromatic rings. The minimum Gasteiger partial charge on any atom is -0.120 e. The minimum absolute atomic E-state index is 0.598. The molecule has 0 saturated heterocycles. The van der Waals surface area contributed by atoms with E-state index in [4.69, 9.17) is 6.42 Å². The molecule has 0 aromatic carbocycles. The zero-order chi connectivity index (χ0) is 10.9. The Kier molecular flexibility index (Phi) is 6.57. The molecule has 0 aliphatic heterocycles. The van der Waals surface area contributed by atoms with Crippen molar-refractivity contribution in [2.75, 3.05) is 0 Å². The molecule has 0 spiro atoms. The highest BCUT2D eigenvalue weighted by atomic mass is 14.2. The first-order valence-corrected chi connectivity index (χ1v) is 6.83. The summed E-state index contributed by atoms with van der Waals surface area (Å²) in [4.78, 5) is 0. The smallest absolute Gasteiger partial charge is 0.0200 e. The Morgan fingerprint density at radius 1 is 1.00 bits per heavy atom. The van der Waals surface area contributed by atoms with E-state index in [1.165, 1.54) is 64.2 Å². The van der Waals surface area contributed by atoms with Gasteiger partial charge in [0.15, 0.2) is 0 Å². The molecule has 0 atom stereocenters. The summed E-state index contributed by atoms with van der Waals surface area (Å²) in [7, 11) is 0. The van der Waals surface area contributed by atoms with Crippen LogP contribution >= 0.6 is 0 Å². The van der Waals surface area contributed by atoms with Crippen LogP contribution in [-0.4, -0.2) is 0 Å². The standard InChI is InChI=1S/C15H26/c1-3-5-6-7-8-9-15-12-10-14(4-2)11-13-15/h2,14-15H,3,5-13H2,1H3/t14-,15-. The Morgan fingerprint density at radius 2 is 1.67 bits per heavy atom. The summed E-state index contributed by atoms with van der Waals surface area (Å²) in [6.07, 6.45) is 19.4. The molecule has 1 fully saturated rings. The topological polar surface area (TPSA) is 0 Å². The Labute approximate surface area is 95.8 Å². The van der Waals surface area contributed by atoms with Crippen LogP contribution < -0.4 is 0 Å². The quantitative estimate of drug-likeness (QED) is 0.433. The fourth-order valence-corrected chi connectivity index (χ4v) is 2.65. The van der Waals surface area contributed by atoms with Crippen LogP contribution in [0.4, 0.5) is 0 Å². The maximum Gasteiger partial charge on any atom is 0.0200 e. The van der Waals surface area contributed by atoms with Crippen molar-refractivity contribution in [1.29, 1.82) is 0 Å². The Hall–Kier alpha value is -0.440. The molecule has 86 valence electrons. The second kappa shape index (κ2) is 7.80. The third-order valence-corrected chi connectivity index (χ3v) is 3.80. The second-order valence-corrected chi connectivity index (χ2v) is 5.09. The summed E-state index contributed by atoms with van der Waals surface area (Å²) in [6, 6.07) is 0. The predicted molar refractivity (Wildman–Crippen MR) is 67.7 cm³/mol. The first kappa shape index (κ1) is 12.6. The van der Waals surface area contributed by atoms with Crippen LogP contribution in [0.3, 0.4) is 0 Å². The Bertz CT molecular complexity index is 179. The fourth-order valence-electron chi connectivity index (χ4n) is 2.65. The van der Waals surface area contributed by atoms with Crippen molar-refractivity contribution < 1.29 is 0 Å². The van der Waals surface area contributed by atoms with Gasteiger partial charge in [-0.1, -0.05) is 45.4 Å². The van der Waals surface area contributed by atoms with Crippen LogP contribution in [0.1, 0.15) is 71.1 Å². The monoisotopic (exact) mass is 206 g/mol. The molecule has 1 aliphatic rings. The zero-order valence-electron chi connectivity index (χ0n) is 10.3. The molecular formula is C15H26. The van der Waals surface area contributed by atoms with E-state index in [-0.39, 0.29) is 0 Å². The number of terminal acetylenes is 1. The Balaban J connectivity index is 1.97. The summed E-state index contributed by atoms with van der Waals surface area (Å²) in [6.45, 7) is 2.28. The SMILES string of the molecule is C#C[C@H]1CC[C@H](CCCCCCC)CC1. The summed E-state index contributed by atoms with van der Waals surface area (Å²) in [5.74, 6) is 4.50. The van der Waals surface area contributed by atoms with Crippen molar-refractivity contribution >= 4 is 0 Å². The van der Waals surface area contributed by atoms with E-state index in [0.717, 1.165) is 5.92 Å². The molecule has 1 rings (SSSR count). The first-order valence-electron chi connectivity index (χ1n) is 6.83. The van der Waals surface area contributed by atoms with Gasteiger partial charge in [-0.3, -0.25) is 0 Å². The molecule has 0 N–H and O–H groups in total. The molecule has 0 nitrogen and oxygen atoms in total. The van der Waals surface area contributed by atoms with Crippen molar-refractivity contribution in [3.8, 4) is 12.3 Å². The average molecular weight is 206 g/mol. The van der Waals surface area contributed by atoms with Gasteiger partial charge in [-0.15, -0.1) is 12.3 Å². The number of rotatable bonds is 6. The molecule has 0 unspecified atom stereocenters. The fraction of sp³-hybridized carbons (Fsp3) is 0.867. The van der Waals surface area contributed by atoms with Gasteiger partial charge in [0.1, 0.15) is 0 Å². The van der Waals surface area contributed by atoms with Gasteiger partial charge in [-0.25, -0.2) is 0 Å². The van der Waals surface area contributed by atoms with E-state index in [1.54, 1.807) is 0 Å². The lowest BCUT2D eigenvalue weighted by Gasteiger charge is -2.25. The lowest BCUT2D eigenvalue weighted by molar-refractivity contribution is 0.294. The van der Waals surface area contributed by atoms with E-state index < -0.39 is 0 Å². The Morgan fingerprint density at radius 3 is 2.27 bits per heavy atom. The second-order valence-electron chi connectivity index (χ2n) is 5.09. The average Bonchev–Trinajstić information content (AvgIpc) is 2.30. The summed E-state index contributed by atoms with van der Waals surface area (Å²) in [5.41, 5.74) is 0. The van der Waals surface area contributed by atoms with E-state index in [2.05, 4.69) is 12.8 Å². The van der Waals surface area contributed by atoms with Gasteiger partial charge in [0, 0.05) is 5.92 Å². The maximum absolute atomic E-state index is 5.45. The minimum atomic E-state index is 0.598. The summed E-state index contributed by atoms with van der Waals surface area (Å²) in [5, 5.41) is 0. The van der Waals surface area contributed by atoms with Crippen LogP contribution in [0.2, 0.25) is 0 Å².